The highest BCUT2D eigenvalue weighted by atomic mass is 14.9. The molecule has 1 nitrogen and oxygen atoms in total. The smallest absolute Gasteiger partial charge is 0.0390 e. The molecule has 1 N–H and O–H groups in total. The van der Waals surface area contributed by atoms with Gasteiger partial charge in [-0.3, -0.25) is 0 Å². The van der Waals surface area contributed by atoms with Crippen LogP contribution in [-0.2, 0) is 0 Å². The Kier molecular flexibility index (Phi) is 5.78. The number of nitrogens with one attached hydrogen (secondary N) is 1. The van der Waals surface area contributed by atoms with E-state index in [-0.39, 0.29) is 0 Å². The van der Waals surface area contributed by atoms with Crippen molar-refractivity contribution in [1.29, 1.82) is 0 Å². The topological polar surface area (TPSA) is 12.0 Å². The van der Waals surface area contributed by atoms with Crippen LogP contribution in [0.25, 0.3) is 39.1 Å². The first-order valence-electron chi connectivity index (χ1n) is 11.4. The van der Waals surface area contributed by atoms with Gasteiger partial charge in [0.15, 0.2) is 0 Å². The molecule has 160 valence electrons. The quantitative estimate of drug-likeness (QED) is 0.296. The van der Waals surface area contributed by atoms with Crippen LogP contribution in [-0.4, -0.2) is 0 Å². The van der Waals surface area contributed by atoms with Crippen LogP contribution >= 0.6 is 0 Å². The van der Waals surface area contributed by atoms with Crippen LogP contribution in [0.5, 0.6) is 0 Å². The number of benzene rings is 5. The fourth-order valence-corrected chi connectivity index (χ4v) is 4.50. The Morgan fingerprint density at radius 1 is 0.576 bits per heavy atom. The van der Waals surface area contributed by atoms with E-state index in [4.69, 9.17) is 0 Å². The Morgan fingerprint density at radius 3 is 1.91 bits per heavy atom. The van der Waals surface area contributed by atoms with Crippen molar-refractivity contribution in [2.24, 2.45) is 0 Å². The number of allylic oxidation sites excluding steroid dienone is 1. The van der Waals surface area contributed by atoms with Gasteiger partial charge < -0.3 is 5.32 Å². The normalized spacial score (nSPS) is 11.2. The maximum atomic E-state index is 3.61. The van der Waals surface area contributed by atoms with Crippen LogP contribution in [0.15, 0.2) is 115 Å². The molecule has 5 aromatic rings. The zero-order valence-electron chi connectivity index (χ0n) is 19.0. The van der Waals surface area contributed by atoms with E-state index < -0.39 is 0 Å². The molecule has 1 heteroatoms. The first-order chi connectivity index (χ1) is 16.2. The Morgan fingerprint density at radius 2 is 1.18 bits per heavy atom. The molecule has 0 amide bonds. The van der Waals surface area contributed by atoms with Gasteiger partial charge in [-0.25, -0.2) is 0 Å². The first kappa shape index (κ1) is 20.8. The minimum atomic E-state index is 1.08. The van der Waals surface area contributed by atoms with Crippen molar-refractivity contribution in [3.63, 3.8) is 0 Å². The van der Waals surface area contributed by atoms with Gasteiger partial charge in [0, 0.05) is 11.4 Å². The molecule has 0 atom stereocenters. The van der Waals surface area contributed by atoms with Crippen LogP contribution in [0.4, 0.5) is 11.4 Å². The van der Waals surface area contributed by atoms with Crippen molar-refractivity contribution >= 4 is 28.2 Å². The van der Waals surface area contributed by atoms with E-state index in [9.17, 15) is 0 Å². The van der Waals surface area contributed by atoms with Crippen molar-refractivity contribution in [2.75, 3.05) is 5.32 Å². The number of hydrogen-bond donors (Lipinski definition) is 1. The van der Waals surface area contributed by atoms with E-state index in [2.05, 4.69) is 134 Å². The van der Waals surface area contributed by atoms with E-state index >= 15 is 0 Å². The summed E-state index contributed by atoms with van der Waals surface area (Å²) in [6.07, 6.45) is 4.32. The summed E-state index contributed by atoms with van der Waals surface area (Å²) in [5.41, 5.74) is 9.65. The summed E-state index contributed by atoms with van der Waals surface area (Å²) >= 11 is 0. The standard InChI is InChI=1S/C32H27N/c1-3-11-29-23(2)20-32(31-19-8-7-18-30(29)31)26-15-10-17-28(22-26)33-27-16-9-14-25(21-27)24-12-5-4-6-13-24/h3-22,33H,1-2H3/b11-3-. The van der Waals surface area contributed by atoms with E-state index in [0.717, 1.165) is 11.4 Å². The Bertz CT molecular complexity index is 1440. The fraction of sp³-hybridized carbons (Fsp3) is 0.0625. The van der Waals surface area contributed by atoms with Crippen molar-refractivity contribution < 1.29 is 0 Å². The third-order valence-electron chi connectivity index (χ3n) is 6.06. The summed E-state index contributed by atoms with van der Waals surface area (Å²) in [7, 11) is 0. The number of hydrogen-bond acceptors (Lipinski definition) is 1. The van der Waals surface area contributed by atoms with Gasteiger partial charge in [0.1, 0.15) is 0 Å². The number of rotatable bonds is 5. The second kappa shape index (κ2) is 9.18. The van der Waals surface area contributed by atoms with Gasteiger partial charge in [-0.15, -0.1) is 0 Å². The molecule has 0 spiro atoms. The van der Waals surface area contributed by atoms with E-state index in [1.165, 1.54) is 44.2 Å². The highest BCUT2D eigenvalue weighted by molar-refractivity contribution is 6.02. The zero-order chi connectivity index (χ0) is 22.6. The molecule has 0 aliphatic heterocycles. The Hall–Kier alpha value is -4.10. The zero-order valence-corrected chi connectivity index (χ0v) is 19.0. The molecule has 0 aliphatic carbocycles. The SMILES string of the molecule is C/C=C\c1c(C)cc(-c2cccc(Nc3cccc(-c4ccccc4)c3)c2)c2ccccc12. The van der Waals surface area contributed by atoms with Crippen LogP contribution < -0.4 is 5.32 Å². The fourth-order valence-electron chi connectivity index (χ4n) is 4.50. The van der Waals surface area contributed by atoms with E-state index in [1.807, 2.05) is 6.07 Å². The highest BCUT2D eigenvalue weighted by Crippen LogP contribution is 2.35. The van der Waals surface area contributed by atoms with E-state index in [1.54, 1.807) is 0 Å². The number of fused-ring (bicyclic) bond motifs is 1. The van der Waals surface area contributed by atoms with Crippen molar-refractivity contribution in [3.8, 4) is 22.3 Å². The monoisotopic (exact) mass is 425 g/mol. The summed E-state index contributed by atoms with van der Waals surface area (Å²) in [4.78, 5) is 0. The molecule has 5 aromatic carbocycles. The van der Waals surface area contributed by atoms with Gasteiger partial charge >= 0.3 is 0 Å². The highest BCUT2D eigenvalue weighted by Gasteiger charge is 2.10. The molecular formula is C32H27N. The van der Waals surface area contributed by atoms with Crippen molar-refractivity contribution in [2.45, 2.75) is 13.8 Å². The second-order valence-electron chi connectivity index (χ2n) is 8.35. The Labute approximate surface area is 196 Å². The molecule has 0 heterocycles. The van der Waals surface area contributed by atoms with Crippen LogP contribution in [0.2, 0.25) is 0 Å². The molecule has 33 heavy (non-hydrogen) atoms. The predicted octanol–water partition coefficient (Wildman–Crippen LogP) is 9.26. The van der Waals surface area contributed by atoms with Crippen LogP contribution in [0.1, 0.15) is 18.1 Å². The summed E-state index contributed by atoms with van der Waals surface area (Å²) in [6.45, 7) is 4.27. The minimum Gasteiger partial charge on any atom is -0.355 e. The average Bonchev–Trinajstić information content (AvgIpc) is 2.86. The van der Waals surface area contributed by atoms with Crippen molar-refractivity contribution in [3.05, 3.63) is 126 Å². The van der Waals surface area contributed by atoms with Crippen LogP contribution in [0.3, 0.4) is 0 Å². The molecule has 0 bridgehead atoms. The Balaban J connectivity index is 1.53. The molecule has 0 unspecified atom stereocenters. The molecule has 0 fully saturated rings. The van der Waals surface area contributed by atoms with Crippen LogP contribution in [0, 0.1) is 6.92 Å². The summed E-state index contributed by atoms with van der Waals surface area (Å²) in [5.74, 6) is 0. The lowest BCUT2D eigenvalue weighted by molar-refractivity contribution is 1.47. The third-order valence-corrected chi connectivity index (χ3v) is 6.06. The molecular weight excluding hydrogens is 398 g/mol. The number of anilines is 2. The second-order valence-corrected chi connectivity index (χ2v) is 8.35. The largest absolute Gasteiger partial charge is 0.355 e. The maximum Gasteiger partial charge on any atom is 0.0390 e. The minimum absolute atomic E-state index is 1.08. The molecule has 5 rings (SSSR count). The van der Waals surface area contributed by atoms with Gasteiger partial charge in [-0.05, 0) is 82.3 Å². The summed E-state index contributed by atoms with van der Waals surface area (Å²) in [6, 6.07) is 38.8. The molecule has 0 aliphatic rings. The van der Waals surface area contributed by atoms with Gasteiger partial charge in [-0.2, -0.15) is 0 Å². The average molecular weight is 426 g/mol. The lowest BCUT2D eigenvalue weighted by atomic mass is 9.91. The van der Waals surface area contributed by atoms with Gasteiger partial charge in [0.05, 0.1) is 0 Å². The summed E-state index contributed by atoms with van der Waals surface area (Å²) < 4.78 is 0. The van der Waals surface area contributed by atoms with Gasteiger partial charge in [0.2, 0.25) is 0 Å². The first-order valence-corrected chi connectivity index (χ1v) is 11.4. The molecule has 0 radical (unpaired) electrons. The number of aryl methyl sites for hydroxylation is 1. The molecule has 0 saturated heterocycles. The lowest BCUT2D eigenvalue weighted by Crippen LogP contribution is -1.93. The molecule has 0 aromatic heterocycles. The third kappa shape index (κ3) is 4.31. The van der Waals surface area contributed by atoms with Crippen molar-refractivity contribution in [1.82, 2.24) is 0 Å². The molecule has 0 saturated carbocycles. The lowest BCUT2D eigenvalue weighted by Gasteiger charge is -2.15. The predicted molar refractivity (Wildman–Crippen MR) is 144 cm³/mol. The van der Waals surface area contributed by atoms with Gasteiger partial charge in [-0.1, -0.05) is 97.1 Å². The van der Waals surface area contributed by atoms with E-state index in [0.29, 0.717) is 0 Å². The maximum absolute atomic E-state index is 3.61. The van der Waals surface area contributed by atoms with Gasteiger partial charge in [0.25, 0.3) is 0 Å². The summed E-state index contributed by atoms with van der Waals surface area (Å²) in [5, 5.41) is 6.18.